The van der Waals surface area contributed by atoms with Crippen molar-refractivity contribution in [1.29, 1.82) is 0 Å². The van der Waals surface area contributed by atoms with E-state index in [1.165, 1.54) is 11.1 Å². The molecule has 2 aliphatic heterocycles. The van der Waals surface area contributed by atoms with Crippen molar-refractivity contribution in [2.45, 2.75) is 38.1 Å². The number of carbonyl (C=O) groups is 1. The fraction of sp³-hybridized carbons (Fsp3) is 0.562. The minimum Gasteiger partial charge on any atom is -0.390 e. The quantitative estimate of drug-likeness (QED) is 0.734. The van der Waals surface area contributed by atoms with Crippen molar-refractivity contribution in [2.24, 2.45) is 0 Å². The number of hydrogen-bond donors (Lipinski definition) is 3. The van der Waals surface area contributed by atoms with Gasteiger partial charge in [-0.05, 0) is 24.1 Å². The second kappa shape index (κ2) is 9.45. The average molecular weight is 362 g/mol. The smallest absolute Gasteiger partial charge is 0.220 e. The lowest BCUT2D eigenvalue weighted by Crippen LogP contribution is -2.42. The van der Waals surface area contributed by atoms with Crippen LogP contribution in [0.15, 0.2) is 24.3 Å². The predicted octanol–water partition coefficient (Wildman–Crippen LogP) is 1.07. The number of carbonyl (C=O) groups excluding carboxylic acids is 1. The summed E-state index contributed by atoms with van der Waals surface area (Å²) in [6.07, 6.45) is 0.925. The van der Waals surface area contributed by atoms with Crippen LogP contribution in [0.1, 0.15) is 24.0 Å². The molecule has 1 amide bonds. The molecule has 3 rings (SSSR count). The molecule has 23 heavy (non-hydrogen) atoms. The number of rotatable bonds is 5. The molecule has 2 heterocycles. The second-order valence-corrected chi connectivity index (χ2v) is 5.98. The highest BCUT2D eigenvalue weighted by atomic mass is 35.5. The minimum atomic E-state index is -0.456. The monoisotopic (exact) mass is 361 g/mol. The van der Waals surface area contributed by atoms with Gasteiger partial charge in [-0.15, -0.1) is 24.8 Å². The molecule has 7 heteroatoms. The van der Waals surface area contributed by atoms with E-state index in [1.807, 2.05) is 0 Å². The van der Waals surface area contributed by atoms with Gasteiger partial charge in [0, 0.05) is 32.6 Å². The lowest BCUT2D eigenvalue weighted by Gasteiger charge is -2.17. The van der Waals surface area contributed by atoms with Gasteiger partial charge in [-0.3, -0.25) is 9.69 Å². The number of nitrogens with zero attached hydrogens (tertiary/aromatic N) is 1. The van der Waals surface area contributed by atoms with E-state index in [-0.39, 0.29) is 36.8 Å². The zero-order valence-electron chi connectivity index (χ0n) is 13.0. The molecule has 130 valence electrons. The first-order valence-corrected chi connectivity index (χ1v) is 7.69. The van der Waals surface area contributed by atoms with Crippen LogP contribution in [0.3, 0.4) is 0 Å². The number of hydrogen-bond acceptors (Lipinski definition) is 4. The molecule has 0 unspecified atom stereocenters. The Morgan fingerprint density at radius 1 is 1.22 bits per heavy atom. The third-order valence-electron chi connectivity index (χ3n) is 4.31. The van der Waals surface area contributed by atoms with Gasteiger partial charge in [-0.1, -0.05) is 24.3 Å². The molecular formula is C16H25Cl2N3O2. The Morgan fingerprint density at radius 3 is 2.43 bits per heavy atom. The van der Waals surface area contributed by atoms with Crippen molar-refractivity contribution in [1.82, 2.24) is 15.5 Å². The maximum atomic E-state index is 11.9. The standard InChI is InChI=1S/C16H23N3O2.2ClH/c20-15-9-17-8-14(15)18-16(21)6-3-7-19-10-12-4-1-2-5-13(12)11-19;;/h1-2,4-5,14-15,17,20H,3,6-11H2,(H,18,21);2*1H/t14-,15-;;/m1../s1. The summed E-state index contributed by atoms with van der Waals surface area (Å²) in [4.78, 5) is 14.2. The highest BCUT2D eigenvalue weighted by Gasteiger charge is 2.26. The summed E-state index contributed by atoms with van der Waals surface area (Å²) in [6, 6.07) is 8.38. The second-order valence-electron chi connectivity index (χ2n) is 5.98. The summed E-state index contributed by atoms with van der Waals surface area (Å²) in [5, 5.41) is 15.6. The van der Waals surface area contributed by atoms with Gasteiger partial charge in [0.1, 0.15) is 0 Å². The van der Waals surface area contributed by atoms with Crippen LogP contribution in [-0.4, -0.2) is 47.7 Å². The number of aliphatic hydroxyl groups is 1. The van der Waals surface area contributed by atoms with Crippen molar-refractivity contribution in [3.05, 3.63) is 35.4 Å². The van der Waals surface area contributed by atoms with E-state index in [0.29, 0.717) is 19.5 Å². The summed E-state index contributed by atoms with van der Waals surface area (Å²) in [5.41, 5.74) is 2.81. The van der Waals surface area contributed by atoms with Crippen molar-refractivity contribution in [3.8, 4) is 0 Å². The summed E-state index contributed by atoms with van der Waals surface area (Å²) in [6.45, 7) is 4.14. The zero-order valence-corrected chi connectivity index (χ0v) is 14.7. The summed E-state index contributed by atoms with van der Waals surface area (Å²) in [7, 11) is 0. The fourth-order valence-electron chi connectivity index (χ4n) is 3.12. The number of aliphatic hydroxyl groups excluding tert-OH is 1. The Labute approximate surface area is 149 Å². The van der Waals surface area contributed by atoms with Crippen LogP contribution in [0.4, 0.5) is 0 Å². The molecule has 0 radical (unpaired) electrons. The maximum Gasteiger partial charge on any atom is 0.220 e. The number of amides is 1. The molecule has 1 fully saturated rings. The maximum absolute atomic E-state index is 11.9. The number of β-amino-alcohol motifs (C(OH)–C–C–N with tert-alkyl or cyclic N) is 1. The molecule has 0 aliphatic carbocycles. The van der Waals surface area contributed by atoms with Crippen LogP contribution in [0.25, 0.3) is 0 Å². The molecule has 0 saturated carbocycles. The van der Waals surface area contributed by atoms with Crippen molar-refractivity contribution < 1.29 is 9.90 Å². The van der Waals surface area contributed by atoms with Crippen molar-refractivity contribution in [3.63, 3.8) is 0 Å². The Balaban J connectivity index is 0.00000132. The van der Waals surface area contributed by atoms with Gasteiger partial charge in [0.25, 0.3) is 0 Å². The highest BCUT2D eigenvalue weighted by Crippen LogP contribution is 2.22. The molecule has 1 aromatic carbocycles. The van der Waals surface area contributed by atoms with Crippen molar-refractivity contribution in [2.75, 3.05) is 19.6 Å². The van der Waals surface area contributed by atoms with Crippen LogP contribution in [-0.2, 0) is 17.9 Å². The summed E-state index contributed by atoms with van der Waals surface area (Å²) in [5.74, 6) is 0.0412. The topological polar surface area (TPSA) is 64.6 Å². The molecule has 0 bridgehead atoms. The average Bonchev–Trinajstić information content (AvgIpc) is 3.05. The van der Waals surface area contributed by atoms with Crippen LogP contribution in [0.5, 0.6) is 0 Å². The first-order chi connectivity index (χ1) is 10.2. The number of benzene rings is 1. The van der Waals surface area contributed by atoms with E-state index < -0.39 is 6.10 Å². The molecular weight excluding hydrogens is 337 g/mol. The zero-order chi connectivity index (χ0) is 14.7. The van der Waals surface area contributed by atoms with E-state index >= 15 is 0 Å². The first-order valence-electron chi connectivity index (χ1n) is 7.69. The molecule has 1 saturated heterocycles. The molecule has 0 spiro atoms. The van der Waals surface area contributed by atoms with Crippen LogP contribution < -0.4 is 10.6 Å². The largest absolute Gasteiger partial charge is 0.390 e. The lowest BCUT2D eigenvalue weighted by molar-refractivity contribution is -0.122. The Bertz CT molecular complexity index is 491. The van der Waals surface area contributed by atoms with Gasteiger partial charge >= 0.3 is 0 Å². The van der Waals surface area contributed by atoms with Crippen LogP contribution >= 0.6 is 24.8 Å². The predicted molar refractivity (Wildman–Crippen MR) is 95.1 cm³/mol. The van der Waals surface area contributed by atoms with E-state index in [9.17, 15) is 9.90 Å². The Hall–Kier alpha value is -0.850. The third kappa shape index (κ3) is 5.33. The lowest BCUT2D eigenvalue weighted by atomic mass is 10.1. The highest BCUT2D eigenvalue weighted by molar-refractivity contribution is 5.85. The Kier molecular flexibility index (Phi) is 8.29. The first kappa shape index (κ1) is 20.2. The number of nitrogens with one attached hydrogen (secondary N) is 2. The van der Waals surface area contributed by atoms with Gasteiger partial charge in [0.2, 0.25) is 5.91 Å². The Morgan fingerprint density at radius 2 is 1.87 bits per heavy atom. The molecule has 1 aromatic rings. The molecule has 2 aliphatic rings. The van der Waals surface area contributed by atoms with E-state index in [2.05, 4.69) is 39.8 Å². The van der Waals surface area contributed by atoms with Gasteiger partial charge in [0.05, 0.1) is 12.1 Å². The number of fused-ring (bicyclic) bond motifs is 1. The molecule has 3 N–H and O–H groups in total. The normalized spacial score (nSPS) is 22.8. The van der Waals surface area contributed by atoms with Gasteiger partial charge in [-0.25, -0.2) is 0 Å². The van der Waals surface area contributed by atoms with Gasteiger partial charge in [0.15, 0.2) is 0 Å². The summed E-state index contributed by atoms with van der Waals surface area (Å²) >= 11 is 0. The molecule has 5 nitrogen and oxygen atoms in total. The molecule has 0 aromatic heterocycles. The number of halogens is 2. The SMILES string of the molecule is Cl.Cl.O=C(CCCN1Cc2ccccc2C1)N[C@@H]1CNC[C@H]1O. The fourth-order valence-corrected chi connectivity index (χ4v) is 3.12. The van der Waals surface area contributed by atoms with E-state index in [0.717, 1.165) is 26.1 Å². The molecule has 2 atom stereocenters. The van der Waals surface area contributed by atoms with E-state index in [4.69, 9.17) is 0 Å². The van der Waals surface area contributed by atoms with Crippen LogP contribution in [0, 0.1) is 0 Å². The minimum absolute atomic E-state index is 0. The van der Waals surface area contributed by atoms with Gasteiger partial charge < -0.3 is 15.7 Å². The van der Waals surface area contributed by atoms with E-state index in [1.54, 1.807) is 0 Å². The van der Waals surface area contributed by atoms with Crippen molar-refractivity contribution >= 4 is 30.7 Å². The summed E-state index contributed by atoms with van der Waals surface area (Å²) < 4.78 is 0. The van der Waals surface area contributed by atoms with Gasteiger partial charge in [-0.2, -0.15) is 0 Å². The third-order valence-corrected chi connectivity index (χ3v) is 4.31. The van der Waals surface area contributed by atoms with Crippen LogP contribution in [0.2, 0.25) is 0 Å².